The number of carbonyl (C=O) groups is 1. The zero-order valence-electron chi connectivity index (χ0n) is 9.03. The molecule has 0 atom stereocenters. The number of thiazole rings is 1. The average Bonchev–Trinajstić information content (AvgIpc) is 2.68. The maximum atomic E-state index is 12.9. The summed E-state index contributed by atoms with van der Waals surface area (Å²) in [5.41, 5.74) is 5.64. The first-order valence-corrected chi connectivity index (χ1v) is 5.67. The molecule has 0 aliphatic heterocycles. The summed E-state index contributed by atoms with van der Waals surface area (Å²) in [6, 6.07) is 3.84. The third-order valence-electron chi connectivity index (χ3n) is 2.10. The fourth-order valence-corrected chi connectivity index (χ4v) is 1.93. The van der Waals surface area contributed by atoms with Crippen LogP contribution in [0.2, 0.25) is 0 Å². The maximum absolute atomic E-state index is 12.9. The number of hydrogen-bond donors (Lipinski definition) is 2. The number of rotatable bonds is 2. The molecule has 2 aromatic rings. The summed E-state index contributed by atoms with van der Waals surface area (Å²) in [6.45, 7) is 1.89. The summed E-state index contributed by atoms with van der Waals surface area (Å²) in [5.74, 6) is -0.891. The van der Waals surface area contributed by atoms with Crippen LogP contribution in [0.15, 0.2) is 24.4 Å². The van der Waals surface area contributed by atoms with E-state index in [2.05, 4.69) is 10.3 Å². The summed E-state index contributed by atoms with van der Waals surface area (Å²) in [5, 5.41) is 3.13. The zero-order chi connectivity index (χ0) is 12.4. The molecule has 1 amide bonds. The molecule has 2 rings (SSSR count). The molecule has 1 aromatic carbocycles. The third kappa shape index (κ3) is 2.59. The van der Waals surface area contributed by atoms with Gasteiger partial charge in [-0.1, -0.05) is 0 Å². The molecule has 0 unspecified atom stereocenters. The minimum atomic E-state index is -0.536. The number of nitrogens with zero attached hydrogens (tertiary/aromatic N) is 1. The van der Waals surface area contributed by atoms with Crippen LogP contribution in [0.3, 0.4) is 0 Å². The van der Waals surface area contributed by atoms with Gasteiger partial charge in [0.15, 0.2) is 5.13 Å². The molecule has 0 fully saturated rings. The number of nitrogen functional groups attached to an aromatic ring is 1. The smallest absolute Gasteiger partial charge is 0.257 e. The van der Waals surface area contributed by atoms with Gasteiger partial charge in [0.05, 0.1) is 5.69 Å². The van der Waals surface area contributed by atoms with Crippen LogP contribution in [0, 0.1) is 12.7 Å². The lowest BCUT2D eigenvalue weighted by Crippen LogP contribution is -2.12. The van der Waals surface area contributed by atoms with Crippen LogP contribution in [-0.2, 0) is 0 Å². The predicted octanol–water partition coefficient (Wildman–Crippen LogP) is 2.43. The van der Waals surface area contributed by atoms with Gasteiger partial charge >= 0.3 is 0 Å². The Balaban J connectivity index is 2.17. The number of carbonyl (C=O) groups excluding carboxylic acids is 1. The van der Waals surface area contributed by atoms with Gasteiger partial charge in [-0.05, 0) is 25.1 Å². The van der Waals surface area contributed by atoms with Crippen LogP contribution in [0.25, 0.3) is 0 Å². The molecule has 1 aromatic heterocycles. The van der Waals surface area contributed by atoms with Crippen molar-refractivity contribution in [1.82, 2.24) is 4.98 Å². The highest BCUT2D eigenvalue weighted by Gasteiger charge is 2.10. The van der Waals surface area contributed by atoms with Crippen molar-refractivity contribution in [2.24, 2.45) is 0 Å². The number of anilines is 2. The lowest BCUT2D eigenvalue weighted by Gasteiger charge is -2.03. The van der Waals surface area contributed by atoms with Crippen LogP contribution in [0.4, 0.5) is 15.2 Å². The van der Waals surface area contributed by atoms with E-state index < -0.39 is 5.82 Å². The molecule has 17 heavy (non-hydrogen) atoms. The summed E-state index contributed by atoms with van der Waals surface area (Å²) >= 11 is 1.37. The molecule has 0 radical (unpaired) electrons. The molecule has 0 aliphatic carbocycles. The fourth-order valence-electron chi connectivity index (χ4n) is 1.27. The SMILES string of the molecule is Cc1cnc(NC(=O)c2ccc(F)c(N)c2)s1. The number of benzene rings is 1. The summed E-state index contributed by atoms with van der Waals surface area (Å²) in [4.78, 5) is 16.8. The molecule has 0 saturated carbocycles. The molecule has 0 aliphatic rings. The van der Waals surface area contributed by atoms with Gasteiger partial charge in [0, 0.05) is 16.6 Å². The maximum Gasteiger partial charge on any atom is 0.257 e. The molecule has 1 heterocycles. The number of halogens is 1. The van der Waals surface area contributed by atoms with E-state index in [9.17, 15) is 9.18 Å². The van der Waals surface area contributed by atoms with Crippen molar-refractivity contribution < 1.29 is 9.18 Å². The van der Waals surface area contributed by atoms with Crippen molar-refractivity contribution in [1.29, 1.82) is 0 Å². The fraction of sp³-hybridized carbons (Fsp3) is 0.0909. The number of aryl methyl sites for hydroxylation is 1. The van der Waals surface area contributed by atoms with Crippen LogP contribution in [0.5, 0.6) is 0 Å². The monoisotopic (exact) mass is 251 g/mol. The standard InChI is InChI=1S/C11H10FN3OS/c1-6-5-14-11(17-6)15-10(16)7-2-3-8(12)9(13)4-7/h2-5H,13H2,1H3,(H,14,15,16). The first kappa shape index (κ1) is 11.5. The highest BCUT2D eigenvalue weighted by Crippen LogP contribution is 2.18. The van der Waals surface area contributed by atoms with E-state index in [1.165, 1.54) is 23.5 Å². The van der Waals surface area contributed by atoms with Crippen molar-refractivity contribution in [2.75, 3.05) is 11.1 Å². The van der Waals surface area contributed by atoms with Gasteiger partial charge in [-0.3, -0.25) is 10.1 Å². The topological polar surface area (TPSA) is 68.0 Å². The van der Waals surface area contributed by atoms with E-state index in [-0.39, 0.29) is 11.6 Å². The van der Waals surface area contributed by atoms with Gasteiger partial charge in [0.25, 0.3) is 5.91 Å². The lowest BCUT2D eigenvalue weighted by atomic mass is 10.2. The predicted molar refractivity (Wildman–Crippen MR) is 65.6 cm³/mol. The van der Waals surface area contributed by atoms with Gasteiger partial charge < -0.3 is 5.73 Å². The van der Waals surface area contributed by atoms with Crippen LogP contribution in [0.1, 0.15) is 15.2 Å². The Bertz CT molecular complexity index is 568. The van der Waals surface area contributed by atoms with E-state index in [1.54, 1.807) is 6.20 Å². The number of nitrogens with one attached hydrogen (secondary N) is 1. The molecule has 0 spiro atoms. The Hall–Kier alpha value is -1.95. The van der Waals surface area contributed by atoms with Crippen molar-refractivity contribution in [2.45, 2.75) is 6.92 Å². The van der Waals surface area contributed by atoms with E-state index in [4.69, 9.17) is 5.73 Å². The van der Waals surface area contributed by atoms with Crippen molar-refractivity contribution in [3.63, 3.8) is 0 Å². The second-order valence-corrected chi connectivity index (χ2v) is 4.70. The van der Waals surface area contributed by atoms with Gasteiger partial charge in [-0.15, -0.1) is 11.3 Å². The molecule has 88 valence electrons. The van der Waals surface area contributed by atoms with Crippen molar-refractivity contribution in [3.8, 4) is 0 Å². The van der Waals surface area contributed by atoms with E-state index in [1.807, 2.05) is 6.92 Å². The van der Waals surface area contributed by atoms with Gasteiger partial charge in [-0.2, -0.15) is 0 Å². The highest BCUT2D eigenvalue weighted by atomic mass is 32.1. The highest BCUT2D eigenvalue weighted by molar-refractivity contribution is 7.15. The lowest BCUT2D eigenvalue weighted by molar-refractivity contribution is 0.102. The molecule has 6 heteroatoms. The zero-order valence-corrected chi connectivity index (χ0v) is 9.84. The molecule has 3 N–H and O–H groups in total. The second kappa shape index (κ2) is 4.50. The summed E-state index contributed by atoms with van der Waals surface area (Å²) in [7, 11) is 0. The minimum absolute atomic E-state index is 0.0482. The molecular formula is C11H10FN3OS. The Labute approximate surface area is 101 Å². The molecule has 4 nitrogen and oxygen atoms in total. The first-order valence-electron chi connectivity index (χ1n) is 4.85. The number of nitrogens with two attached hydrogens (primary N) is 1. The number of amides is 1. The van der Waals surface area contributed by atoms with Gasteiger partial charge in [-0.25, -0.2) is 9.37 Å². The van der Waals surface area contributed by atoms with Gasteiger partial charge in [0.1, 0.15) is 5.82 Å². The third-order valence-corrected chi connectivity index (χ3v) is 2.93. The average molecular weight is 251 g/mol. The van der Waals surface area contributed by atoms with E-state index in [0.717, 1.165) is 10.9 Å². The van der Waals surface area contributed by atoms with Gasteiger partial charge in [0.2, 0.25) is 0 Å². The first-order chi connectivity index (χ1) is 8.06. The largest absolute Gasteiger partial charge is 0.396 e. The Morgan fingerprint density at radius 2 is 2.29 bits per heavy atom. The summed E-state index contributed by atoms with van der Waals surface area (Å²) < 4.78 is 12.9. The van der Waals surface area contributed by atoms with Crippen LogP contribution >= 0.6 is 11.3 Å². The Morgan fingerprint density at radius 1 is 1.53 bits per heavy atom. The molecule has 0 bridgehead atoms. The normalized spacial score (nSPS) is 10.2. The number of hydrogen-bond acceptors (Lipinski definition) is 4. The quantitative estimate of drug-likeness (QED) is 0.805. The van der Waals surface area contributed by atoms with Crippen molar-refractivity contribution >= 4 is 28.1 Å². The van der Waals surface area contributed by atoms with E-state index in [0.29, 0.717) is 10.7 Å². The Morgan fingerprint density at radius 3 is 2.88 bits per heavy atom. The van der Waals surface area contributed by atoms with E-state index >= 15 is 0 Å². The summed E-state index contributed by atoms with van der Waals surface area (Å²) in [6.07, 6.45) is 1.67. The second-order valence-electron chi connectivity index (χ2n) is 3.47. The van der Waals surface area contributed by atoms with Crippen LogP contribution < -0.4 is 11.1 Å². The minimum Gasteiger partial charge on any atom is -0.396 e. The molecule has 0 saturated heterocycles. The molecular weight excluding hydrogens is 241 g/mol. The Kier molecular flexibility index (Phi) is 3.06. The van der Waals surface area contributed by atoms with Crippen LogP contribution in [-0.4, -0.2) is 10.9 Å². The number of aromatic nitrogens is 1. The van der Waals surface area contributed by atoms with Crippen molar-refractivity contribution in [3.05, 3.63) is 40.7 Å².